The molecular weight excluding hydrogens is 785 g/mol. The molecule has 0 amide bonds. The van der Waals surface area contributed by atoms with Gasteiger partial charge in [0.2, 0.25) is 0 Å². The molecule has 0 N–H and O–H groups in total. The van der Waals surface area contributed by atoms with E-state index in [9.17, 15) is 0 Å². The zero-order chi connectivity index (χ0) is 43.8. The standard InChI is InChI=1S/C63H48N2/c1-39-19-27-45(28-20-39)65-59-18-12-10-16-49(59)53-35-42(26-32-61(53)65)43-25-30-47-51-38-56-50(37-57(51)63(4,5)55(47)36-43)46-29-23-41(34-54(46)62(56,2)3)22-21-40-24-31-60-52(33-40)48-15-9-11-17-58(48)64(60)44-13-7-6-8-14-44/h6-38H,1-5H3. The second-order valence-corrected chi connectivity index (χ2v) is 19.5. The minimum atomic E-state index is -0.147. The molecule has 9 aromatic carbocycles. The summed E-state index contributed by atoms with van der Waals surface area (Å²) in [6.07, 6.45) is 4.56. The van der Waals surface area contributed by atoms with E-state index in [4.69, 9.17) is 0 Å². The number of fused-ring (bicyclic) bond motifs is 12. The van der Waals surface area contributed by atoms with Crippen molar-refractivity contribution >= 4 is 55.8 Å². The van der Waals surface area contributed by atoms with Gasteiger partial charge in [-0.15, -0.1) is 0 Å². The zero-order valence-corrected chi connectivity index (χ0v) is 37.4. The van der Waals surface area contributed by atoms with Crippen molar-refractivity contribution in [3.05, 3.63) is 227 Å². The normalized spacial score (nSPS) is 14.4. The number of aryl methyl sites for hydroxylation is 1. The van der Waals surface area contributed by atoms with Crippen LogP contribution in [0.3, 0.4) is 0 Å². The second kappa shape index (κ2) is 13.7. The van der Waals surface area contributed by atoms with Crippen molar-refractivity contribution in [3.8, 4) is 44.8 Å². The second-order valence-electron chi connectivity index (χ2n) is 19.5. The van der Waals surface area contributed by atoms with Crippen molar-refractivity contribution in [2.24, 2.45) is 0 Å². The molecule has 2 heterocycles. The van der Waals surface area contributed by atoms with E-state index in [1.165, 1.54) is 127 Å². The lowest BCUT2D eigenvalue weighted by Crippen LogP contribution is -2.17. The highest BCUT2D eigenvalue weighted by Crippen LogP contribution is 2.56. The lowest BCUT2D eigenvalue weighted by Gasteiger charge is -2.24. The highest BCUT2D eigenvalue weighted by molar-refractivity contribution is 6.11. The Morgan fingerprint density at radius 3 is 1.43 bits per heavy atom. The summed E-state index contributed by atoms with van der Waals surface area (Å²) < 4.78 is 4.78. The average Bonchev–Trinajstić information content (AvgIpc) is 3.99. The van der Waals surface area contributed by atoms with E-state index in [2.05, 4.69) is 244 Å². The number of hydrogen-bond acceptors (Lipinski definition) is 0. The van der Waals surface area contributed by atoms with Crippen molar-refractivity contribution in [2.45, 2.75) is 45.4 Å². The quantitative estimate of drug-likeness (QED) is 0.153. The van der Waals surface area contributed by atoms with Gasteiger partial charge in [-0.3, -0.25) is 0 Å². The van der Waals surface area contributed by atoms with Crippen molar-refractivity contribution in [3.63, 3.8) is 0 Å². The molecule has 13 rings (SSSR count). The van der Waals surface area contributed by atoms with E-state index in [1.54, 1.807) is 0 Å². The molecule has 310 valence electrons. The Kier molecular flexibility index (Phi) is 7.95. The van der Waals surface area contributed by atoms with Crippen LogP contribution in [-0.4, -0.2) is 9.13 Å². The van der Waals surface area contributed by atoms with Gasteiger partial charge >= 0.3 is 0 Å². The predicted molar refractivity (Wildman–Crippen MR) is 276 cm³/mol. The Bertz CT molecular complexity index is 3810. The molecule has 2 nitrogen and oxygen atoms in total. The number of benzene rings is 9. The first kappa shape index (κ1) is 37.8. The third-order valence-corrected chi connectivity index (χ3v) is 15.0. The molecule has 0 bridgehead atoms. The zero-order valence-electron chi connectivity index (χ0n) is 37.4. The number of nitrogens with zero attached hydrogens (tertiary/aromatic N) is 2. The van der Waals surface area contributed by atoms with Crippen molar-refractivity contribution in [1.29, 1.82) is 0 Å². The molecule has 0 atom stereocenters. The van der Waals surface area contributed by atoms with Gasteiger partial charge in [0.15, 0.2) is 0 Å². The maximum Gasteiger partial charge on any atom is 0.0541 e. The summed E-state index contributed by atoms with van der Waals surface area (Å²) in [5.41, 5.74) is 24.3. The van der Waals surface area contributed by atoms with Crippen LogP contribution in [0.1, 0.15) is 66.6 Å². The Balaban J connectivity index is 0.833. The predicted octanol–water partition coefficient (Wildman–Crippen LogP) is 16.6. The summed E-state index contributed by atoms with van der Waals surface area (Å²) in [4.78, 5) is 0. The number of hydrogen-bond donors (Lipinski definition) is 0. The van der Waals surface area contributed by atoms with Gasteiger partial charge in [0.25, 0.3) is 0 Å². The number of aromatic nitrogens is 2. The van der Waals surface area contributed by atoms with Gasteiger partial charge in [0.1, 0.15) is 0 Å². The van der Waals surface area contributed by atoms with E-state index in [-0.39, 0.29) is 10.8 Å². The number of para-hydroxylation sites is 3. The van der Waals surface area contributed by atoms with E-state index < -0.39 is 0 Å². The highest BCUT2D eigenvalue weighted by atomic mass is 15.0. The van der Waals surface area contributed by atoms with Crippen LogP contribution >= 0.6 is 0 Å². The minimum Gasteiger partial charge on any atom is -0.309 e. The first-order valence-corrected chi connectivity index (χ1v) is 23.0. The first-order valence-electron chi connectivity index (χ1n) is 23.0. The molecule has 0 unspecified atom stereocenters. The van der Waals surface area contributed by atoms with E-state index in [0.717, 1.165) is 0 Å². The van der Waals surface area contributed by atoms with Crippen molar-refractivity contribution in [1.82, 2.24) is 9.13 Å². The van der Waals surface area contributed by atoms with Crippen molar-refractivity contribution in [2.75, 3.05) is 0 Å². The molecule has 0 saturated heterocycles. The molecule has 2 aliphatic rings. The number of rotatable bonds is 5. The molecule has 2 heteroatoms. The molecule has 0 fully saturated rings. The van der Waals surface area contributed by atoms with Crippen molar-refractivity contribution < 1.29 is 0 Å². The Hall–Kier alpha value is -7.68. The molecule has 2 aliphatic carbocycles. The minimum absolute atomic E-state index is 0.137. The molecule has 2 aromatic heterocycles. The van der Waals surface area contributed by atoms with E-state index >= 15 is 0 Å². The summed E-state index contributed by atoms with van der Waals surface area (Å²) in [6.45, 7) is 11.8. The van der Waals surface area contributed by atoms with Crippen LogP contribution in [-0.2, 0) is 10.8 Å². The summed E-state index contributed by atoms with van der Waals surface area (Å²) in [7, 11) is 0. The van der Waals surface area contributed by atoms with Crippen LogP contribution in [0.25, 0.3) is 101 Å². The van der Waals surface area contributed by atoms with Crippen LogP contribution in [0.5, 0.6) is 0 Å². The fourth-order valence-electron chi connectivity index (χ4n) is 11.5. The third-order valence-electron chi connectivity index (χ3n) is 15.0. The summed E-state index contributed by atoms with van der Waals surface area (Å²) in [5.74, 6) is 0. The van der Waals surface area contributed by atoms with Gasteiger partial charge in [-0.2, -0.15) is 0 Å². The van der Waals surface area contributed by atoms with Crippen LogP contribution in [0.15, 0.2) is 188 Å². The molecule has 0 spiro atoms. The lowest BCUT2D eigenvalue weighted by atomic mass is 9.79. The van der Waals surface area contributed by atoms with Gasteiger partial charge in [-0.1, -0.05) is 155 Å². The maximum absolute atomic E-state index is 2.53. The van der Waals surface area contributed by atoms with E-state index in [1.807, 2.05) is 0 Å². The largest absolute Gasteiger partial charge is 0.309 e. The van der Waals surface area contributed by atoms with E-state index in [0.29, 0.717) is 0 Å². The SMILES string of the molecule is Cc1ccc(-n2c3ccccc3c3cc(-c4ccc5c(c4)C(C)(C)c4cc6c(cc4-5)C(C)(C)c4cc(C=Cc5ccc7c(c5)c5ccccc5n7-c5ccccc5)ccc4-6)ccc32)cc1. The lowest BCUT2D eigenvalue weighted by molar-refractivity contribution is 0.652. The molecular formula is C63H48N2. The van der Waals surface area contributed by atoms with Gasteiger partial charge in [0.05, 0.1) is 22.1 Å². The molecule has 0 radical (unpaired) electrons. The summed E-state index contributed by atoms with van der Waals surface area (Å²) >= 11 is 0. The van der Waals surface area contributed by atoms with Crippen LogP contribution in [0, 0.1) is 6.92 Å². The fourth-order valence-corrected chi connectivity index (χ4v) is 11.5. The Labute approximate surface area is 380 Å². The summed E-state index contributed by atoms with van der Waals surface area (Å²) in [5, 5.41) is 5.10. The van der Waals surface area contributed by atoms with Crippen LogP contribution in [0.2, 0.25) is 0 Å². The molecule has 11 aromatic rings. The van der Waals surface area contributed by atoms with Crippen LogP contribution < -0.4 is 0 Å². The van der Waals surface area contributed by atoms with Gasteiger partial charge in [0, 0.05) is 43.7 Å². The van der Waals surface area contributed by atoms with Gasteiger partial charge in [-0.25, -0.2) is 0 Å². The maximum atomic E-state index is 2.53. The van der Waals surface area contributed by atoms with Crippen LogP contribution in [0.4, 0.5) is 0 Å². The monoisotopic (exact) mass is 832 g/mol. The fraction of sp³-hybridized carbons (Fsp3) is 0.111. The molecule has 65 heavy (non-hydrogen) atoms. The third kappa shape index (κ3) is 5.53. The summed E-state index contributed by atoms with van der Waals surface area (Å²) in [6, 6.07) is 70.3. The molecule has 0 aliphatic heterocycles. The first-order chi connectivity index (χ1) is 31.6. The average molecular weight is 833 g/mol. The Morgan fingerprint density at radius 1 is 0.338 bits per heavy atom. The topological polar surface area (TPSA) is 9.86 Å². The highest BCUT2D eigenvalue weighted by Gasteiger charge is 2.42. The van der Waals surface area contributed by atoms with Gasteiger partial charge < -0.3 is 9.13 Å². The molecule has 0 saturated carbocycles. The smallest absolute Gasteiger partial charge is 0.0541 e. The van der Waals surface area contributed by atoms with Gasteiger partial charge in [-0.05, 0) is 153 Å². The Morgan fingerprint density at radius 2 is 0.785 bits per heavy atom.